The zero-order valence-corrected chi connectivity index (χ0v) is 27.2. The fourth-order valence-corrected chi connectivity index (χ4v) is 6.36. The number of carbonyl (C=O) groups excluding carboxylic acids is 1. The molecule has 0 unspecified atom stereocenters. The molecule has 2 aliphatic heterocycles. The fourth-order valence-electron chi connectivity index (χ4n) is 6.00. The predicted octanol–water partition coefficient (Wildman–Crippen LogP) is 7.62. The van der Waals surface area contributed by atoms with Crippen LogP contribution in [0.15, 0.2) is 42.5 Å². The van der Waals surface area contributed by atoms with Crippen molar-refractivity contribution in [2.75, 3.05) is 26.2 Å². The van der Waals surface area contributed by atoms with Crippen LogP contribution >= 0.6 is 23.2 Å². The molecule has 0 spiro atoms. The molecule has 0 bridgehead atoms. The van der Waals surface area contributed by atoms with Crippen molar-refractivity contribution in [2.45, 2.75) is 64.1 Å². The summed E-state index contributed by atoms with van der Waals surface area (Å²) in [6.07, 6.45) is -3.53. The molecular formula is C32H35Cl2F5N4O3. The second-order valence-corrected chi connectivity index (χ2v) is 13.4. The number of carbonyl (C=O) groups is 2. The van der Waals surface area contributed by atoms with E-state index in [4.69, 9.17) is 33.1 Å². The lowest BCUT2D eigenvalue weighted by Crippen LogP contribution is -2.44. The zero-order valence-electron chi connectivity index (χ0n) is 25.7. The van der Waals surface area contributed by atoms with Crippen molar-refractivity contribution >= 4 is 35.1 Å². The lowest BCUT2D eigenvalue weighted by Gasteiger charge is -2.35. The first-order valence-electron chi connectivity index (χ1n) is 14.7. The van der Waals surface area contributed by atoms with E-state index in [1.165, 1.54) is 12.1 Å². The molecule has 14 heteroatoms. The number of hydrogen-bond acceptors (Lipinski definition) is 4. The Morgan fingerprint density at radius 2 is 1.59 bits per heavy atom. The highest BCUT2D eigenvalue weighted by atomic mass is 35.5. The molecule has 2 aromatic carbocycles. The topological polar surface area (TPSA) is 78.7 Å². The fraction of sp³-hybridized carbons (Fsp3) is 0.469. The van der Waals surface area contributed by atoms with Crippen molar-refractivity contribution in [1.82, 2.24) is 19.6 Å². The van der Waals surface area contributed by atoms with Gasteiger partial charge in [-0.15, -0.1) is 0 Å². The lowest BCUT2D eigenvalue weighted by atomic mass is 9.86. The van der Waals surface area contributed by atoms with Crippen molar-refractivity contribution in [3.8, 4) is 5.69 Å². The van der Waals surface area contributed by atoms with Gasteiger partial charge in [0.05, 0.1) is 22.3 Å². The summed E-state index contributed by atoms with van der Waals surface area (Å²) in [6.45, 7) is 10.5. The van der Waals surface area contributed by atoms with Crippen LogP contribution in [-0.4, -0.2) is 74.5 Å². The summed E-state index contributed by atoms with van der Waals surface area (Å²) in [5, 5.41) is 13.0. The van der Waals surface area contributed by atoms with Crippen LogP contribution in [0.4, 0.5) is 22.0 Å². The number of carboxylic acids is 1. The summed E-state index contributed by atoms with van der Waals surface area (Å²) in [5.74, 6) is -4.44. The molecule has 2 aliphatic rings. The van der Waals surface area contributed by atoms with Gasteiger partial charge in [-0.2, -0.15) is 18.3 Å². The maximum Gasteiger partial charge on any atom is 0.490 e. The van der Waals surface area contributed by atoms with Crippen LogP contribution in [0.5, 0.6) is 0 Å². The van der Waals surface area contributed by atoms with Crippen LogP contribution in [0.3, 0.4) is 0 Å². The van der Waals surface area contributed by atoms with Gasteiger partial charge < -0.3 is 10.0 Å². The van der Waals surface area contributed by atoms with Crippen LogP contribution < -0.4 is 0 Å². The Hall–Kier alpha value is -3.22. The van der Waals surface area contributed by atoms with E-state index in [1.807, 2.05) is 22.6 Å². The summed E-state index contributed by atoms with van der Waals surface area (Å²) < 4.78 is 62.1. The molecule has 3 aromatic rings. The molecule has 2 atom stereocenters. The van der Waals surface area contributed by atoms with Crippen molar-refractivity contribution in [1.29, 1.82) is 0 Å². The van der Waals surface area contributed by atoms with Gasteiger partial charge in [0.1, 0.15) is 11.6 Å². The molecule has 1 amide bonds. The Bertz CT molecular complexity index is 1580. The normalized spacial score (nSPS) is 19.6. The summed E-state index contributed by atoms with van der Waals surface area (Å²) in [4.78, 5) is 26.9. The second kappa shape index (κ2) is 13.9. The van der Waals surface area contributed by atoms with E-state index in [2.05, 4.69) is 36.8 Å². The molecule has 7 nitrogen and oxygen atoms in total. The minimum absolute atomic E-state index is 0.0384. The Morgan fingerprint density at radius 3 is 2.15 bits per heavy atom. The molecule has 250 valence electrons. The average Bonchev–Trinajstić information content (AvgIpc) is 3.58. The highest BCUT2D eigenvalue weighted by molar-refractivity contribution is 6.34. The molecule has 1 N–H and O–H groups in total. The third kappa shape index (κ3) is 8.19. The number of aliphatic carboxylic acids is 1. The van der Waals surface area contributed by atoms with E-state index in [0.29, 0.717) is 41.8 Å². The predicted molar refractivity (Wildman–Crippen MR) is 164 cm³/mol. The first kappa shape index (κ1) is 35.6. The SMILES string of the molecule is Cc1cc(C2CCN(C(=O)[C@@H]3CN(C(C)(C)C)C[C@H]3c3ccc(F)cc3F)CC2)n(-c2cc(Cl)ccc2Cl)n1.O=C(O)C(F)(F)F. The third-order valence-electron chi connectivity index (χ3n) is 8.41. The van der Waals surface area contributed by atoms with Gasteiger partial charge >= 0.3 is 12.1 Å². The molecule has 5 rings (SSSR count). The van der Waals surface area contributed by atoms with E-state index < -0.39 is 29.7 Å². The maximum atomic E-state index is 14.9. The number of likely N-dealkylation sites (tertiary alicyclic amines) is 2. The monoisotopic (exact) mass is 688 g/mol. The molecule has 3 heterocycles. The van der Waals surface area contributed by atoms with E-state index in [0.717, 1.165) is 36.0 Å². The molecule has 2 saturated heterocycles. The van der Waals surface area contributed by atoms with Crippen molar-refractivity contribution in [3.05, 3.63) is 81.1 Å². The number of aromatic nitrogens is 2. The summed E-state index contributed by atoms with van der Waals surface area (Å²) in [6, 6.07) is 11.1. The Balaban J connectivity index is 0.000000617. The molecule has 2 fully saturated rings. The molecule has 46 heavy (non-hydrogen) atoms. The summed E-state index contributed by atoms with van der Waals surface area (Å²) in [7, 11) is 0. The van der Waals surface area contributed by atoms with Gasteiger partial charge in [0.2, 0.25) is 5.91 Å². The maximum absolute atomic E-state index is 14.9. The van der Waals surface area contributed by atoms with Gasteiger partial charge in [-0.25, -0.2) is 18.3 Å². The number of alkyl halides is 3. The van der Waals surface area contributed by atoms with Crippen LogP contribution in [0, 0.1) is 24.5 Å². The minimum atomic E-state index is -5.08. The highest BCUT2D eigenvalue weighted by Gasteiger charge is 2.45. The highest BCUT2D eigenvalue weighted by Crippen LogP contribution is 2.40. The summed E-state index contributed by atoms with van der Waals surface area (Å²) in [5.41, 5.74) is 2.92. The van der Waals surface area contributed by atoms with Crippen molar-refractivity contribution < 1.29 is 36.6 Å². The average molecular weight is 690 g/mol. The van der Waals surface area contributed by atoms with Crippen LogP contribution in [0.1, 0.15) is 62.4 Å². The molecule has 0 aliphatic carbocycles. The minimum Gasteiger partial charge on any atom is -0.475 e. The standard InChI is InChI=1S/C30H34Cl2F2N4O.C2HF3O2/c1-18-13-27(38(35-18)28-14-20(31)5-8-25(28)32)19-9-11-36(12-10-19)29(39)24-17-37(30(2,3)4)16-23(24)22-7-6-21(33)15-26(22)34;3-2(4,5)1(6)7/h5-8,13-15,19,23-24H,9-12,16-17H2,1-4H3;(H,6,7)/t23-,24+;/m0./s1. The Labute approximate surface area is 273 Å². The van der Waals surface area contributed by atoms with Crippen LogP contribution in [-0.2, 0) is 9.59 Å². The molecular weight excluding hydrogens is 654 g/mol. The van der Waals surface area contributed by atoms with E-state index >= 15 is 0 Å². The number of benzene rings is 2. The number of carboxylic acid groups (broad SMARTS) is 1. The lowest BCUT2D eigenvalue weighted by molar-refractivity contribution is -0.192. The van der Waals surface area contributed by atoms with E-state index in [1.54, 1.807) is 12.1 Å². The quantitative estimate of drug-likeness (QED) is 0.286. The van der Waals surface area contributed by atoms with Gasteiger partial charge in [0.15, 0.2) is 0 Å². The number of hydrogen-bond donors (Lipinski definition) is 1. The van der Waals surface area contributed by atoms with Gasteiger partial charge in [0, 0.05) is 60.3 Å². The number of nitrogens with zero attached hydrogens (tertiary/aromatic N) is 4. The molecule has 0 saturated carbocycles. The van der Waals surface area contributed by atoms with Gasteiger partial charge in [-0.05, 0) is 76.4 Å². The van der Waals surface area contributed by atoms with Crippen LogP contribution in [0.25, 0.3) is 5.69 Å². The Morgan fingerprint density at radius 1 is 0.957 bits per heavy atom. The van der Waals surface area contributed by atoms with Gasteiger partial charge in [-0.3, -0.25) is 9.69 Å². The van der Waals surface area contributed by atoms with E-state index in [-0.39, 0.29) is 23.3 Å². The first-order chi connectivity index (χ1) is 21.4. The van der Waals surface area contributed by atoms with E-state index in [9.17, 15) is 26.7 Å². The number of piperidine rings is 1. The van der Waals surface area contributed by atoms with Crippen molar-refractivity contribution in [2.24, 2.45) is 5.92 Å². The van der Waals surface area contributed by atoms with Crippen molar-refractivity contribution in [3.63, 3.8) is 0 Å². The van der Waals surface area contributed by atoms with Gasteiger partial charge in [0.25, 0.3) is 0 Å². The number of aryl methyl sites for hydroxylation is 1. The van der Waals surface area contributed by atoms with Crippen LogP contribution in [0.2, 0.25) is 10.0 Å². The largest absolute Gasteiger partial charge is 0.490 e. The Kier molecular flexibility index (Phi) is 10.7. The number of halogens is 7. The second-order valence-electron chi connectivity index (χ2n) is 12.6. The first-order valence-corrected chi connectivity index (χ1v) is 15.4. The number of rotatable bonds is 4. The summed E-state index contributed by atoms with van der Waals surface area (Å²) >= 11 is 12.7. The molecule has 1 aromatic heterocycles. The van der Waals surface area contributed by atoms with Gasteiger partial charge in [-0.1, -0.05) is 29.3 Å². The third-order valence-corrected chi connectivity index (χ3v) is 8.97. The molecule has 0 radical (unpaired) electrons. The number of amides is 1. The zero-order chi connectivity index (χ0) is 34.1. The smallest absolute Gasteiger partial charge is 0.475 e.